The lowest BCUT2D eigenvalue weighted by atomic mass is 10.1. The maximum atomic E-state index is 12.7. The molecule has 0 saturated carbocycles. The molecule has 0 radical (unpaired) electrons. The Hall–Kier alpha value is -4.00. The number of ketones is 2. The van der Waals surface area contributed by atoms with E-state index in [0.717, 1.165) is 36.5 Å². The van der Waals surface area contributed by atoms with Gasteiger partial charge in [-0.2, -0.15) is 26.3 Å². The van der Waals surface area contributed by atoms with Crippen LogP contribution < -0.4 is 0 Å². The predicted octanol–water partition coefficient (Wildman–Crippen LogP) is 8.56. The zero-order valence-electron chi connectivity index (χ0n) is 20.9. The van der Waals surface area contributed by atoms with E-state index in [1.54, 1.807) is 0 Å². The van der Waals surface area contributed by atoms with Crippen molar-refractivity contribution >= 4 is 27.5 Å². The van der Waals surface area contributed by atoms with Crippen molar-refractivity contribution in [3.63, 3.8) is 0 Å². The Morgan fingerprint density at radius 2 is 1.10 bits per heavy atom. The molecule has 4 nitrogen and oxygen atoms in total. The molecule has 41 heavy (non-hydrogen) atoms. The number of Topliss-reactive ketones (excluding diaryl/α,β-unsaturated/α-hetero) is 2. The van der Waals surface area contributed by atoms with Gasteiger partial charge in [-0.15, -0.1) is 0 Å². The summed E-state index contributed by atoms with van der Waals surface area (Å²) in [6, 6.07) is 14.7. The molecule has 0 aliphatic heterocycles. The van der Waals surface area contributed by atoms with Gasteiger partial charge in [-0.25, -0.2) is 13.8 Å². The number of benzene rings is 2. The molecule has 0 saturated heterocycles. The standard InChI is InChI=1S/C14H9F4NO.C8H7FO.C6H3BrF3N/c15-11-4-1-9(2-5-11)13(20)7-12-6-3-10(8-19-12)14(16,17)18;1-6(10)7-2-4-8(9)5-3-7;7-5-2-1-4(3-11-5)6(8,9)10/h1-6,8H,7H2;2-5H,1H3;1-3H. The molecule has 4 rings (SSSR count). The van der Waals surface area contributed by atoms with Gasteiger partial charge in [0.15, 0.2) is 11.6 Å². The number of hydrogen-bond acceptors (Lipinski definition) is 4. The van der Waals surface area contributed by atoms with Crippen LogP contribution in [0.25, 0.3) is 0 Å². The average Bonchev–Trinajstić information content (AvgIpc) is 2.89. The lowest BCUT2D eigenvalue weighted by molar-refractivity contribution is -0.138. The van der Waals surface area contributed by atoms with Crippen LogP contribution in [0.2, 0.25) is 0 Å². The molecule has 13 heteroatoms. The third kappa shape index (κ3) is 11.6. The Labute approximate surface area is 237 Å². The van der Waals surface area contributed by atoms with Crippen molar-refractivity contribution in [1.29, 1.82) is 0 Å². The van der Waals surface area contributed by atoms with Gasteiger partial charge in [-0.05, 0) is 95.7 Å². The second-order valence-corrected chi connectivity index (χ2v) is 8.89. The maximum absolute atomic E-state index is 12.7. The van der Waals surface area contributed by atoms with Gasteiger partial charge in [0.1, 0.15) is 16.2 Å². The van der Waals surface area contributed by atoms with E-state index in [1.807, 2.05) is 0 Å². The number of pyridine rings is 2. The second-order valence-electron chi connectivity index (χ2n) is 8.07. The minimum Gasteiger partial charge on any atom is -0.295 e. The smallest absolute Gasteiger partial charge is 0.295 e. The van der Waals surface area contributed by atoms with Crippen molar-refractivity contribution in [2.24, 2.45) is 0 Å². The molecule has 0 fully saturated rings. The summed E-state index contributed by atoms with van der Waals surface area (Å²) in [7, 11) is 0. The number of carbonyl (C=O) groups excluding carboxylic acids is 2. The van der Waals surface area contributed by atoms with Crippen molar-refractivity contribution in [3.8, 4) is 0 Å². The van der Waals surface area contributed by atoms with Crippen LogP contribution in [0.4, 0.5) is 35.1 Å². The topological polar surface area (TPSA) is 59.9 Å². The molecule has 0 atom stereocenters. The van der Waals surface area contributed by atoms with E-state index in [-0.39, 0.29) is 35.1 Å². The molecule has 2 heterocycles. The Morgan fingerprint density at radius 3 is 1.46 bits per heavy atom. The lowest BCUT2D eigenvalue weighted by Crippen LogP contribution is -2.08. The average molecular weight is 647 g/mol. The van der Waals surface area contributed by atoms with Crippen LogP contribution >= 0.6 is 15.9 Å². The van der Waals surface area contributed by atoms with Crippen molar-refractivity contribution in [2.75, 3.05) is 0 Å². The zero-order valence-corrected chi connectivity index (χ0v) is 22.5. The van der Waals surface area contributed by atoms with Crippen molar-refractivity contribution < 1.29 is 44.7 Å². The number of carbonyl (C=O) groups is 2. The SMILES string of the molecule is CC(=O)c1ccc(F)cc1.FC(F)(F)c1ccc(Br)nc1.O=C(Cc1ccc(C(F)(F)F)cn1)c1ccc(F)cc1. The number of hydrogen-bond donors (Lipinski definition) is 0. The first-order valence-corrected chi connectivity index (χ1v) is 12.1. The van der Waals surface area contributed by atoms with Gasteiger partial charge in [0.2, 0.25) is 0 Å². The predicted molar refractivity (Wildman–Crippen MR) is 137 cm³/mol. The zero-order chi connectivity index (χ0) is 30.8. The monoisotopic (exact) mass is 646 g/mol. The summed E-state index contributed by atoms with van der Waals surface area (Å²) in [5.41, 5.74) is -0.544. The Bertz CT molecular complexity index is 1420. The largest absolute Gasteiger partial charge is 0.417 e. The first-order chi connectivity index (χ1) is 19.1. The van der Waals surface area contributed by atoms with E-state index in [9.17, 15) is 44.7 Å². The van der Waals surface area contributed by atoms with Gasteiger partial charge >= 0.3 is 12.4 Å². The van der Waals surface area contributed by atoms with E-state index in [0.29, 0.717) is 16.4 Å². The van der Waals surface area contributed by atoms with E-state index in [2.05, 4.69) is 25.9 Å². The summed E-state index contributed by atoms with van der Waals surface area (Å²) in [6.45, 7) is 1.45. The van der Waals surface area contributed by atoms with Gasteiger partial charge in [-0.3, -0.25) is 14.6 Å². The molecule has 0 unspecified atom stereocenters. The van der Waals surface area contributed by atoms with Crippen LogP contribution in [-0.4, -0.2) is 21.5 Å². The summed E-state index contributed by atoms with van der Waals surface area (Å²) in [5.74, 6) is -1.16. The van der Waals surface area contributed by atoms with E-state index >= 15 is 0 Å². The summed E-state index contributed by atoms with van der Waals surface area (Å²) < 4.78 is 98.0. The van der Waals surface area contributed by atoms with Crippen LogP contribution in [0.3, 0.4) is 0 Å². The maximum Gasteiger partial charge on any atom is 0.417 e. The fourth-order valence-electron chi connectivity index (χ4n) is 2.83. The first-order valence-electron chi connectivity index (χ1n) is 11.3. The molecule has 0 aliphatic carbocycles. The molecular formula is C28H19BrF8N2O2. The summed E-state index contributed by atoms with van der Waals surface area (Å²) in [5, 5.41) is 0. The minimum absolute atomic E-state index is 0.0417. The molecule has 0 bridgehead atoms. The van der Waals surface area contributed by atoms with Crippen molar-refractivity contribution in [1.82, 2.24) is 9.97 Å². The molecule has 0 aliphatic rings. The molecule has 216 valence electrons. The lowest BCUT2D eigenvalue weighted by Gasteiger charge is -2.06. The Kier molecular flexibility index (Phi) is 11.8. The number of rotatable bonds is 4. The molecular weight excluding hydrogens is 628 g/mol. The number of aromatic nitrogens is 2. The quantitative estimate of drug-likeness (QED) is 0.127. The first kappa shape index (κ1) is 33.2. The van der Waals surface area contributed by atoms with Gasteiger partial charge in [0.05, 0.1) is 17.5 Å². The van der Waals surface area contributed by atoms with Crippen LogP contribution in [0, 0.1) is 11.6 Å². The highest BCUT2D eigenvalue weighted by Crippen LogP contribution is 2.29. The number of alkyl halides is 6. The van der Waals surface area contributed by atoms with Crippen LogP contribution in [0.5, 0.6) is 0 Å². The normalized spacial score (nSPS) is 11.0. The summed E-state index contributed by atoms with van der Waals surface area (Å²) in [4.78, 5) is 29.5. The summed E-state index contributed by atoms with van der Waals surface area (Å²) >= 11 is 2.93. The molecule has 0 amide bonds. The second kappa shape index (κ2) is 14.6. The van der Waals surface area contributed by atoms with Crippen LogP contribution in [0.15, 0.2) is 89.8 Å². The van der Waals surface area contributed by atoms with E-state index in [1.165, 1.54) is 49.4 Å². The third-order valence-electron chi connectivity index (χ3n) is 4.97. The Balaban J connectivity index is 0.000000236. The highest BCUT2D eigenvalue weighted by Gasteiger charge is 2.31. The third-order valence-corrected chi connectivity index (χ3v) is 5.43. The van der Waals surface area contributed by atoms with Gasteiger partial charge in [-0.1, -0.05) is 0 Å². The fraction of sp³-hybridized carbons (Fsp3) is 0.143. The molecule has 4 aromatic rings. The van der Waals surface area contributed by atoms with Crippen molar-refractivity contribution in [2.45, 2.75) is 25.7 Å². The molecule has 2 aromatic carbocycles. The molecule has 2 aromatic heterocycles. The fourth-order valence-corrected chi connectivity index (χ4v) is 3.06. The molecule has 0 spiro atoms. The number of nitrogens with zero attached hydrogens (tertiary/aromatic N) is 2. The van der Waals surface area contributed by atoms with Gasteiger partial charge in [0, 0.05) is 29.2 Å². The Morgan fingerprint density at radius 1 is 0.659 bits per heavy atom. The van der Waals surface area contributed by atoms with Gasteiger partial charge in [0.25, 0.3) is 0 Å². The van der Waals surface area contributed by atoms with E-state index in [4.69, 9.17) is 0 Å². The summed E-state index contributed by atoms with van der Waals surface area (Å²) in [6.07, 6.45) is -7.42. The van der Waals surface area contributed by atoms with E-state index < -0.39 is 29.3 Å². The highest BCUT2D eigenvalue weighted by molar-refractivity contribution is 9.10. The van der Waals surface area contributed by atoms with Crippen LogP contribution in [0.1, 0.15) is 44.5 Å². The van der Waals surface area contributed by atoms with Crippen molar-refractivity contribution in [3.05, 3.63) is 129 Å². The highest BCUT2D eigenvalue weighted by atomic mass is 79.9. The molecule has 0 N–H and O–H groups in total. The van der Waals surface area contributed by atoms with Crippen LogP contribution in [-0.2, 0) is 18.8 Å². The number of halogens is 9. The van der Waals surface area contributed by atoms with Gasteiger partial charge < -0.3 is 0 Å². The minimum atomic E-state index is -4.45.